The Balaban J connectivity index is 1.84. The molecule has 2 N–H and O–H groups in total. The molecule has 186 valence electrons. The number of aromatic nitrogens is 2. The van der Waals surface area contributed by atoms with E-state index in [1.165, 1.54) is 31.6 Å². The van der Waals surface area contributed by atoms with Gasteiger partial charge in [0.25, 0.3) is 0 Å². The minimum atomic E-state index is -0.529. The molecule has 1 heterocycles. The highest BCUT2D eigenvalue weighted by Gasteiger charge is 2.14. The number of ether oxygens (including phenoxy) is 3. The zero-order chi connectivity index (χ0) is 25.2. The molecule has 0 bridgehead atoms. The van der Waals surface area contributed by atoms with E-state index in [9.17, 15) is 14.0 Å². The third kappa shape index (κ3) is 7.49. The Kier molecular flexibility index (Phi) is 9.56. The Labute approximate surface area is 206 Å². The summed E-state index contributed by atoms with van der Waals surface area (Å²) in [6.45, 7) is 0.634. The molecule has 11 heteroatoms. The Hall–Kier alpha value is -3.50. The number of nitrogens with zero attached hydrogens (tertiary/aromatic N) is 2. The summed E-state index contributed by atoms with van der Waals surface area (Å²) in [5.41, 5.74) is 1.54. The van der Waals surface area contributed by atoms with Crippen molar-refractivity contribution in [3.05, 3.63) is 47.5 Å². The van der Waals surface area contributed by atoms with E-state index < -0.39 is 5.82 Å². The SMILES string of the molecule is COCCOc1cc2ncnc(Nc3ccc(F)c(Cl)c3)c2cc1NC(=O)CCCCC(=O)OC. The Morgan fingerprint density at radius 2 is 1.86 bits per heavy atom. The van der Waals surface area contributed by atoms with Crippen LogP contribution in [0.1, 0.15) is 25.7 Å². The molecule has 0 radical (unpaired) electrons. The van der Waals surface area contributed by atoms with Crippen molar-refractivity contribution in [2.24, 2.45) is 0 Å². The van der Waals surface area contributed by atoms with Gasteiger partial charge < -0.3 is 24.8 Å². The van der Waals surface area contributed by atoms with Gasteiger partial charge in [0.15, 0.2) is 0 Å². The number of carbonyl (C=O) groups excluding carboxylic acids is 2. The van der Waals surface area contributed by atoms with E-state index in [1.807, 2.05) is 0 Å². The van der Waals surface area contributed by atoms with E-state index >= 15 is 0 Å². The van der Waals surface area contributed by atoms with Crippen LogP contribution in [0.15, 0.2) is 36.7 Å². The van der Waals surface area contributed by atoms with Crippen LogP contribution >= 0.6 is 11.6 Å². The summed E-state index contributed by atoms with van der Waals surface area (Å²) in [6.07, 6.45) is 2.92. The summed E-state index contributed by atoms with van der Waals surface area (Å²) in [5, 5.41) is 6.55. The van der Waals surface area contributed by atoms with Crippen molar-refractivity contribution in [1.82, 2.24) is 9.97 Å². The molecule has 3 aromatic rings. The Bertz CT molecular complexity index is 1190. The van der Waals surface area contributed by atoms with Gasteiger partial charge in [-0.05, 0) is 37.1 Å². The van der Waals surface area contributed by atoms with Crippen LogP contribution in [-0.4, -0.2) is 49.3 Å². The summed E-state index contributed by atoms with van der Waals surface area (Å²) in [7, 11) is 2.89. The van der Waals surface area contributed by atoms with Crippen LogP contribution in [0.25, 0.3) is 10.9 Å². The van der Waals surface area contributed by atoms with Gasteiger partial charge in [-0.15, -0.1) is 0 Å². The van der Waals surface area contributed by atoms with Crippen molar-refractivity contribution in [3.63, 3.8) is 0 Å². The van der Waals surface area contributed by atoms with E-state index in [2.05, 4.69) is 25.3 Å². The van der Waals surface area contributed by atoms with Gasteiger partial charge in [0.1, 0.15) is 30.3 Å². The maximum absolute atomic E-state index is 13.5. The highest BCUT2D eigenvalue weighted by atomic mass is 35.5. The molecule has 0 spiro atoms. The number of fused-ring (bicyclic) bond motifs is 1. The first-order chi connectivity index (χ1) is 16.9. The van der Waals surface area contributed by atoms with Crippen molar-refractivity contribution in [2.75, 3.05) is 38.1 Å². The summed E-state index contributed by atoms with van der Waals surface area (Å²) in [6, 6.07) is 7.64. The van der Waals surface area contributed by atoms with Crippen LogP contribution in [0.5, 0.6) is 5.75 Å². The summed E-state index contributed by atoms with van der Waals surface area (Å²) in [4.78, 5) is 32.4. The van der Waals surface area contributed by atoms with E-state index in [0.29, 0.717) is 53.3 Å². The summed E-state index contributed by atoms with van der Waals surface area (Å²) < 4.78 is 29.0. The molecular weight excluding hydrogens is 479 g/mol. The molecule has 0 aliphatic rings. The highest BCUT2D eigenvalue weighted by Crippen LogP contribution is 2.34. The zero-order valence-electron chi connectivity index (χ0n) is 19.4. The number of hydrogen-bond donors (Lipinski definition) is 2. The van der Waals surface area contributed by atoms with Crippen LogP contribution in [0.3, 0.4) is 0 Å². The average Bonchev–Trinajstić information content (AvgIpc) is 2.84. The third-order valence-electron chi connectivity index (χ3n) is 5.00. The monoisotopic (exact) mass is 504 g/mol. The number of esters is 1. The number of nitrogens with one attached hydrogen (secondary N) is 2. The fraction of sp³-hybridized carbons (Fsp3) is 0.333. The number of carbonyl (C=O) groups is 2. The molecule has 0 saturated carbocycles. The van der Waals surface area contributed by atoms with Gasteiger partial charge in [-0.3, -0.25) is 9.59 Å². The molecule has 3 rings (SSSR count). The van der Waals surface area contributed by atoms with Gasteiger partial charge >= 0.3 is 5.97 Å². The highest BCUT2D eigenvalue weighted by molar-refractivity contribution is 6.31. The van der Waals surface area contributed by atoms with Gasteiger partial charge in [0, 0.05) is 37.1 Å². The fourth-order valence-corrected chi connectivity index (χ4v) is 3.40. The molecular formula is C24H26ClFN4O5. The van der Waals surface area contributed by atoms with Crippen LogP contribution in [0.2, 0.25) is 5.02 Å². The second-order valence-corrected chi connectivity index (χ2v) is 7.92. The number of methoxy groups -OCH3 is 2. The standard InChI is InChI=1S/C24H26ClFN4O5/c1-33-9-10-35-21-13-19-16(12-20(21)30-22(31)5-3-4-6-23(32)34-2)24(28-14-27-19)29-15-7-8-18(26)17(25)11-15/h7-8,11-14H,3-6,9-10H2,1-2H3,(H,30,31)(H,27,28,29). The van der Waals surface area contributed by atoms with Crippen LogP contribution in [-0.2, 0) is 19.1 Å². The van der Waals surface area contributed by atoms with E-state index in [1.54, 1.807) is 19.2 Å². The Morgan fingerprint density at radius 3 is 2.60 bits per heavy atom. The van der Waals surface area contributed by atoms with Crippen molar-refractivity contribution in [1.29, 1.82) is 0 Å². The molecule has 0 aliphatic heterocycles. The van der Waals surface area contributed by atoms with E-state index in [-0.39, 0.29) is 36.3 Å². The second-order valence-electron chi connectivity index (χ2n) is 7.51. The maximum atomic E-state index is 13.5. The second kappa shape index (κ2) is 12.8. The number of anilines is 3. The summed E-state index contributed by atoms with van der Waals surface area (Å²) >= 11 is 5.89. The van der Waals surface area contributed by atoms with Gasteiger partial charge in [-0.25, -0.2) is 14.4 Å². The minimum Gasteiger partial charge on any atom is -0.489 e. The van der Waals surface area contributed by atoms with Gasteiger partial charge in [0.05, 0.1) is 29.9 Å². The molecule has 0 aliphatic carbocycles. The summed E-state index contributed by atoms with van der Waals surface area (Å²) in [5.74, 6) is -0.209. The number of hydrogen-bond acceptors (Lipinski definition) is 8. The number of amides is 1. The topological polar surface area (TPSA) is 112 Å². The van der Waals surface area contributed by atoms with Crippen molar-refractivity contribution < 1.29 is 28.2 Å². The fourth-order valence-electron chi connectivity index (χ4n) is 3.22. The van der Waals surface area contributed by atoms with Gasteiger partial charge in [-0.1, -0.05) is 11.6 Å². The first kappa shape index (κ1) is 26.1. The number of rotatable bonds is 12. The maximum Gasteiger partial charge on any atom is 0.305 e. The smallest absolute Gasteiger partial charge is 0.305 e. The van der Waals surface area contributed by atoms with Crippen LogP contribution in [0, 0.1) is 5.82 Å². The molecule has 0 fully saturated rings. The van der Waals surface area contributed by atoms with Crippen molar-refractivity contribution >= 4 is 51.6 Å². The number of halogens is 2. The molecule has 9 nitrogen and oxygen atoms in total. The molecule has 35 heavy (non-hydrogen) atoms. The average molecular weight is 505 g/mol. The number of unbranched alkanes of at least 4 members (excludes halogenated alkanes) is 1. The van der Waals surface area contributed by atoms with E-state index in [0.717, 1.165) is 0 Å². The lowest BCUT2D eigenvalue weighted by molar-refractivity contribution is -0.140. The lowest BCUT2D eigenvalue weighted by Crippen LogP contribution is -2.14. The van der Waals surface area contributed by atoms with Gasteiger partial charge in [0.2, 0.25) is 5.91 Å². The quantitative estimate of drug-likeness (QED) is 0.265. The lowest BCUT2D eigenvalue weighted by atomic mass is 10.1. The van der Waals surface area contributed by atoms with Crippen molar-refractivity contribution in [3.8, 4) is 5.75 Å². The van der Waals surface area contributed by atoms with Crippen LogP contribution < -0.4 is 15.4 Å². The predicted molar refractivity (Wildman–Crippen MR) is 131 cm³/mol. The predicted octanol–water partition coefficient (Wildman–Crippen LogP) is 4.86. The molecule has 2 aromatic carbocycles. The third-order valence-corrected chi connectivity index (χ3v) is 5.29. The molecule has 0 atom stereocenters. The van der Waals surface area contributed by atoms with Crippen LogP contribution in [0.4, 0.5) is 21.6 Å². The first-order valence-electron chi connectivity index (χ1n) is 10.9. The molecule has 0 unspecified atom stereocenters. The van der Waals surface area contributed by atoms with Gasteiger partial charge in [-0.2, -0.15) is 0 Å². The molecule has 0 saturated heterocycles. The largest absolute Gasteiger partial charge is 0.489 e. The zero-order valence-corrected chi connectivity index (χ0v) is 20.2. The lowest BCUT2D eigenvalue weighted by Gasteiger charge is -2.15. The molecule has 1 aromatic heterocycles. The van der Waals surface area contributed by atoms with Crippen molar-refractivity contribution in [2.45, 2.75) is 25.7 Å². The minimum absolute atomic E-state index is 0.0256. The normalized spacial score (nSPS) is 10.7. The first-order valence-corrected chi connectivity index (χ1v) is 11.3. The van der Waals surface area contributed by atoms with E-state index in [4.69, 9.17) is 21.1 Å². The molecule has 1 amide bonds. The Morgan fingerprint density at radius 1 is 1.06 bits per heavy atom. The number of benzene rings is 2.